The smallest absolute Gasteiger partial charge is 0.0453 e. The molecule has 1 aromatic rings. The number of hydrogen-bond acceptors (Lipinski definition) is 1. The number of hydrogen-bond donors (Lipinski definition) is 1. The van der Waals surface area contributed by atoms with Gasteiger partial charge in [-0.2, -0.15) is 0 Å². The Morgan fingerprint density at radius 3 is 2.33 bits per heavy atom. The summed E-state index contributed by atoms with van der Waals surface area (Å²) < 4.78 is 0. The fourth-order valence-corrected chi connectivity index (χ4v) is 3.54. The Hall–Kier alpha value is -0.240. The van der Waals surface area contributed by atoms with E-state index in [4.69, 9.17) is 23.2 Å². The van der Waals surface area contributed by atoms with Gasteiger partial charge in [-0.25, -0.2) is 0 Å². The maximum absolute atomic E-state index is 6.26. The summed E-state index contributed by atoms with van der Waals surface area (Å²) in [7, 11) is 2.05. The second-order valence-electron chi connectivity index (χ2n) is 5.20. The highest BCUT2D eigenvalue weighted by atomic mass is 35.5. The SMILES string of the molecule is CNC(Cc1c(Cl)cccc1Cl)C1CCCCC1. The average Bonchev–Trinajstić information content (AvgIpc) is 2.40. The van der Waals surface area contributed by atoms with E-state index in [0.717, 1.165) is 27.9 Å². The van der Waals surface area contributed by atoms with E-state index in [9.17, 15) is 0 Å². The molecule has 1 aromatic carbocycles. The Morgan fingerprint density at radius 2 is 1.78 bits per heavy atom. The molecule has 100 valence electrons. The summed E-state index contributed by atoms with van der Waals surface area (Å²) in [4.78, 5) is 0. The lowest BCUT2D eigenvalue weighted by Crippen LogP contribution is -2.36. The summed E-state index contributed by atoms with van der Waals surface area (Å²) in [6.07, 6.45) is 7.69. The molecular weight excluding hydrogens is 265 g/mol. The minimum Gasteiger partial charge on any atom is -0.316 e. The molecule has 1 fully saturated rings. The van der Waals surface area contributed by atoms with Gasteiger partial charge in [0.25, 0.3) is 0 Å². The quantitative estimate of drug-likeness (QED) is 0.845. The highest BCUT2D eigenvalue weighted by molar-refractivity contribution is 6.36. The topological polar surface area (TPSA) is 12.0 Å². The zero-order chi connectivity index (χ0) is 13.0. The molecule has 1 nitrogen and oxygen atoms in total. The maximum Gasteiger partial charge on any atom is 0.0453 e. The molecule has 0 heterocycles. The molecule has 0 spiro atoms. The molecule has 1 unspecified atom stereocenters. The lowest BCUT2D eigenvalue weighted by atomic mass is 9.81. The van der Waals surface area contributed by atoms with Crippen LogP contribution in [0.2, 0.25) is 10.0 Å². The number of likely N-dealkylation sites (N-methyl/N-ethyl adjacent to an activating group) is 1. The molecule has 1 saturated carbocycles. The van der Waals surface area contributed by atoms with Crippen molar-refractivity contribution in [2.45, 2.75) is 44.6 Å². The Balaban J connectivity index is 2.09. The van der Waals surface area contributed by atoms with Gasteiger partial charge in [0.15, 0.2) is 0 Å². The lowest BCUT2D eigenvalue weighted by molar-refractivity contribution is 0.277. The van der Waals surface area contributed by atoms with Crippen molar-refractivity contribution in [1.82, 2.24) is 5.32 Å². The Bertz CT molecular complexity index is 366. The minimum absolute atomic E-state index is 0.489. The monoisotopic (exact) mass is 285 g/mol. The van der Waals surface area contributed by atoms with Crippen molar-refractivity contribution in [2.24, 2.45) is 5.92 Å². The molecule has 0 aliphatic heterocycles. The van der Waals surface area contributed by atoms with Gasteiger partial charge in [-0.1, -0.05) is 48.5 Å². The second kappa shape index (κ2) is 6.79. The predicted molar refractivity (Wildman–Crippen MR) is 79.6 cm³/mol. The van der Waals surface area contributed by atoms with E-state index >= 15 is 0 Å². The van der Waals surface area contributed by atoms with Crippen LogP contribution in [0.4, 0.5) is 0 Å². The van der Waals surface area contributed by atoms with Crippen LogP contribution in [-0.4, -0.2) is 13.1 Å². The van der Waals surface area contributed by atoms with Gasteiger partial charge in [0.2, 0.25) is 0 Å². The zero-order valence-corrected chi connectivity index (χ0v) is 12.4. The summed E-state index contributed by atoms with van der Waals surface area (Å²) in [5.74, 6) is 0.760. The average molecular weight is 286 g/mol. The molecular formula is C15H21Cl2N. The third-order valence-corrected chi connectivity index (χ3v) is 4.78. The van der Waals surface area contributed by atoms with E-state index in [0.29, 0.717) is 6.04 Å². The summed E-state index contributed by atoms with van der Waals surface area (Å²) in [6, 6.07) is 6.25. The van der Waals surface area contributed by atoms with Gasteiger partial charge in [0, 0.05) is 16.1 Å². The number of rotatable bonds is 4. The fraction of sp³-hybridized carbons (Fsp3) is 0.600. The second-order valence-corrected chi connectivity index (χ2v) is 6.01. The Morgan fingerprint density at radius 1 is 1.17 bits per heavy atom. The van der Waals surface area contributed by atoms with Crippen LogP contribution in [0.5, 0.6) is 0 Å². The van der Waals surface area contributed by atoms with E-state index in [2.05, 4.69) is 5.32 Å². The molecule has 0 aromatic heterocycles. The van der Waals surface area contributed by atoms with Crippen LogP contribution < -0.4 is 5.32 Å². The van der Waals surface area contributed by atoms with Crippen molar-refractivity contribution in [3.05, 3.63) is 33.8 Å². The standard InChI is InChI=1S/C15H21Cl2N/c1-18-15(11-6-3-2-4-7-11)10-12-13(16)8-5-9-14(12)17/h5,8-9,11,15,18H,2-4,6-7,10H2,1H3. The van der Waals surface area contributed by atoms with Crippen molar-refractivity contribution in [3.63, 3.8) is 0 Å². The molecule has 0 bridgehead atoms. The Kier molecular flexibility index (Phi) is 5.35. The van der Waals surface area contributed by atoms with Crippen molar-refractivity contribution in [3.8, 4) is 0 Å². The van der Waals surface area contributed by atoms with Crippen molar-refractivity contribution >= 4 is 23.2 Å². The maximum atomic E-state index is 6.26. The molecule has 1 N–H and O–H groups in total. The van der Waals surface area contributed by atoms with E-state index in [-0.39, 0.29) is 0 Å². The van der Waals surface area contributed by atoms with Gasteiger partial charge < -0.3 is 5.32 Å². The normalized spacial score (nSPS) is 18.8. The first kappa shape index (κ1) is 14.2. The van der Waals surface area contributed by atoms with Gasteiger partial charge in [0.05, 0.1) is 0 Å². The first-order valence-corrected chi connectivity index (χ1v) is 7.58. The molecule has 0 radical (unpaired) electrons. The minimum atomic E-state index is 0.489. The molecule has 0 amide bonds. The predicted octanol–water partition coefficient (Wildman–Crippen LogP) is 4.70. The van der Waals surface area contributed by atoms with Crippen molar-refractivity contribution in [1.29, 1.82) is 0 Å². The van der Waals surface area contributed by atoms with Gasteiger partial charge in [0.1, 0.15) is 0 Å². The van der Waals surface area contributed by atoms with Crippen molar-refractivity contribution < 1.29 is 0 Å². The van der Waals surface area contributed by atoms with Crippen molar-refractivity contribution in [2.75, 3.05) is 7.05 Å². The van der Waals surface area contributed by atoms with Crippen LogP contribution in [-0.2, 0) is 6.42 Å². The van der Waals surface area contributed by atoms with E-state index < -0.39 is 0 Å². The third-order valence-electron chi connectivity index (χ3n) is 4.08. The van der Waals surface area contributed by atoms with Gasteiger partial charge in [-0.05, 0) is 49.9 Å². The van der Waals surface area contributed by atoms with Crippen LogP contribution in [0.15, 0.2) is 18.2 Å². The van der Waals surface area contributed by atoms with Crippen LogP contribution in [0.3, 0.4) is 0 Å². The first-order valence-electron chi connectivity index (χ1n) is 6.82. The molecule has 18 heavy (non-hydrogen) atoms. The number of nitrogens with one attached hydrogen (secondary N) is 1. The third kappa shape index (κ3) is 3.40. The molecule has 1 aliphatic carbocycles. The summed E-state index contributed by atoms with van der Waals surface area (Å²) in [5.41, 5.74) is 1.09. The fourth-order valence-electron chi connectivity index (χ4n) is 2.99. The van der Waals surface area contributed by atoms with Crippen LogP contribution in [0.25, 0.3) is 0 Å². The molecule has 2 rings (SSSR count). The lowest BCUT2D eigenvalue weighted by Gasteiger charge is -2.30. The van der Waals surface area contributed by atoms with E-state index in [1.165, 1.54) is 32.1 Å². The van der Waals surface area contributed by atoms with Gasteiger partial charge in [-0.3, -0.25) is 0 Å². The van der Waals surface area contributed by atoms with Crippen LogP contribution >= 0.6 is 23.2 Å². The van der Waals surface area contributed by atoms with Crippen LogP contribution in [0.1, 0.15) is 37.7 Å². The van der Waals surface area contributed by atoms with Crippen LogP contribution in [0, 0.1) is 5.92 Å². The number of halogens is 2. The first-order chi connectivity index (χ1) is 8.72. The summed E-state index contributed by atoms with van der Waals surface area (Å²) in [5, 5.41) is 5.04. The molecule has 0 saturated heterocycles. The largest absolute Gasteiger partial charge is 0.316 e. The Labute approximate surface area is 120 Å². The van der Waals surface area contributed by atoms with Gasteiger partial charge in [-0.15, -0.1) is 0 Å². The molecule has 3 heteroatoms. The number of benzene rings is 1. The highest BCUT2D eigenvalue weighted by Gasteiger charge is 2.23. The molecule has 1 aliphatic rings. The van der Waals surface area contributed by atoms with E-state index in [1.807, 2.05) is 25.2 Å². The molecule has 1 atom stereocenters. The summed E-state index contributed by atoms with van der Waals surface area (Å²) >= 11 is 12.5. The summed E-state index contributed by atoms with van der Waals surface area (Å²) in [6.45, 7) is 0. The van der Waals surface area contributed by atoms with Gasteiger partial charge >= 0.3 is 0 Å². The van der Waals surface area contributed by atoms with E-state index in [1.54, 1.807) is 0 Å². The highest BCUT2D eigenvalue weighted by Crippen LogP contribution is 2.31. The zero-order valence-electron chi connectivity index (χ0n) is 10.9.